The van der Waals surface area contributed by atoms with Gasteiger partial charge in [0.15, 0.2) is 0 Å². The number of carbonyl (C=O) groups is 3. The predicted molar refractivity (Wildman–Crippen MR) is 201 cm³/mol. The van der Waals surface area contributed by atoms with Gasteiger partial charge in [0.05, 0.1) is 0 Å². The van der Waals surface area contributed by atoms with Crippen molar-refractivity contribution in [3.05, 3.63) is 138 Å². The van der Waals surface area contributed by atoms with Crippen LogP contribution < -0.4 is 9.78 Å². The molecule has 1 amide bonds. The molecule has 0 spiro atoms. The van der Waals surface area contributed by atoms with Gasteiger partial charge in [0.25, 0.3) is 0 Å². The quantitative estimate of drug-likeness (QED) is 0.0669. The molecule has 2 fully saturated rings. The summed E-state index contributed by atoms with van der Waals surface area (Å²) in [5, 5.41) is 26.6. The van der Waals surface area contributed by atoms with Crippen molar-refractivity contribution in [1.29, 1.82) is 0 Å². The second-order valence-electron chi connectivity index (χ2n) is 13.7. The first kappa shape index (κ1) is 40.1. The van der Waals surface area contributed by atoms with Crippen LogP contribution in [0.5, 0.6) is 0 Å². The topological polar surface area (TPSA) is 159 Å². The summed E-state index contributed by atoms with van der Waals surface area (Å²) in [6, 6.07) is 35.5. The maximum atomic E-state index is 13.5. The van der Waals surface area contributed by atoms with Gasteiger partial charge in [-0.3, -0.25) is 0 Å². The van der Waals surface area contributed by atoms with E-state index in [1.54, 1.807) is 74.5 Å². The summed E-state index contributed by atoms with van der Waals surface area (Å²) >= 11 is -0.632. The van der Waals surface area contributed by atoms with Crippen LogP contribution >= 0.6 is 0 Å². The summed E-state index contributed by atoms with van der Waals surface area (Å²) in [6.07, 6.45) is -4.54. The normalized spacial score (nSPS) is 24.5. The molecule has 2 aliphatic heterocycles. The molecule has 0 radical (unpaired) electrons. The van der Waals surface area contributed by atoms with E-state index in [0.717, 1.165) is 10.0 Å². The van der Waals surface area contributed by atoms with E-state index in [9.17, 15) is 24.6 Å². The van der Waals surface area contributed by atoms with Crippen molar-refractivity contribution in [2.24, 2.45) is 0 Å². The first-order valence-electron chi connectivity index (χ1n) is 18.1. The van der Waals surface area contributed by atoms with E-state index in [1.807, 2.05) is 60.7 Å². The number of esters is 2. The molecular formula is C42H45NO11Se. The second kappa shape index (κ2) is 17.9. The molecule has 6 rings (SSSR count). The molecule has 0 bridgehead atoms. The van der Waals surface area contributed by atoms with Gasteiger partial charge in [0.2, 0.25) is 0 Å². The van der Waals surface area contributed by atoms with Gasteiger partial charge in [-0.05, 0) is 0 Å². The molecule has 2 heterocycles. The molecule has 55 heavy (non-hydrogen) atoms. The third-order valence-corrected chi connectivity index (χ3v) is 12.8. The molecule has 2 saturated heterocycles. The number of hydrogen-bond donors (Lipinski definition) is 3. The summed E-state index contributed by atoms with van der Waals surface area (Å²) in [7, 11) is 0. The minimum atomic E-state index is -2.28. The van der Waals surface area contributed by atoms with Crippen molar-refractivity contribution in [2.75, 3.05) is 19.8 Å². The number of alkyl carbamates (subject to hydrolysis) is 1. The zero-order valence-corrected chi connectivity index (χ0v) is 32.3. The van der Waals surface area contributed by atoms with Crippen molar-refractivity contribution in [3.63, 3.8) is 0 Å². The molecular weight excluding hydrogens is 773 g/mol. The van der Waals surface area contributed by atoms with Crippen LogP contribution in [0.1, 0.15) is 53.0 Å². The van der Waals surface area contributed by atoms with Crippen LogP contribution in [0.3, 0.4) is 0 Å². The minimum absolute atomic E-state index is 0.105. The van der Waals surface area contributed by atoms with Crippen molar-refractivity contribution in [3.8, 4) is 0 Å². The number of ether oxygens (including phenoxy) is 6. The summed E-state index contributed by atoms with van der Waals surface area (Å²) in [5.74, 6) is -4.87. The van der Waals surface area contributed by atoms with Crippen LogP contribution in [0.4, 0.5) is 4.79 Å². The summed E-state index contributed by atoms with van der Waals surface area (Å²) in [6.45, 7) is 2.42. The molecule has 12 nitrogen and oxygen atoms in total. The molecule has 4 aromatic rings. The van der Waals surface area contributed by atoms with Gasteiger partial charge in [-0.25, -0.2) is 0 Å². The first-order valence-corrected chi connectivity index (χ1v) is 19.8. The van der Waals surface area contributed by atoms with Gasteiger partial charge in [0, 0.05) is 0 Å². The number of fused-ring (bicyclic) bond motifs is 1. The first-order chi connectivity index (χ1) is 26.5. The third kappa shape index (κ3) is 9.63. The number of carbonyl (C=O) groups excluding carboxylic acids is 3. The Labute approximate surface area is 326 Å². The molecule has 0 aliphatic carbocycles. The van der Waals surface area contributed by atoms with Crippen LogP contribution in [0.2, 0.25) is 4.31 Å². The van der Waals surface area contributed by atoms with Gasteiger partial charge in [-0.15, -0.1) is 0 Å². The Hall–Kier alpha value is -4.59. The number of nitrogens with one attached hydrogen (secondary N) is 1. The second-order valence-corrected chi connectivity index (χ2v) is 16.7. The number of benzene rings is 4. The summed E-state index contributed by atoms with van der Waals surface area (Å²) in [5.41, 5.74) is 1.37. The standard InChI is InChI=1S/C42H45NO11Se/c1-40(2)52-35-34(33(51-38(46)31-20-11-5-12-21-31)27-49-37(45)30-18-9-4-10-19-30)53-42(48,28-44)41(36(35)54-40,55-32-22-13-6-14-23-32)24-15-25-43-39(47)50-26-29-16-7-3-8-17-29/h3-14,16-23,33-36,44,48H,15,24-28H2,1-2H3,(H,43,47)/t33-,34-,35+,36+,41?,42+/m1/s1. The average molecular weight is 819 g/mol. The fourth-order valence-corrected chi connectivity index (χ4v) is 10.0. The van der Waals surface area contributed by atoms with Crippen molar-refractivity contribution < 1.29 is 53.0 Å². The fourth-order valence-electron chi connectivity index (χ4n) is 6.79. The molecule has 13 heteroatoms. The number of rotatable bonds is 15. The summed E-state index contributed by atoms with van der Waals surface area (Å²) < 4.78 is 36.4. The molecule has 3 N–H and O–H groups in total. The van der Waals surface area contributed by atoms with E-state index < -0.39 is 86.5 Å². The Morgan fingerprint density at radius 3 is 1.98 bits per heavy atom. The van der Waals surface area contributed by atoms with Crippen molar-refractivity contribution in [1.82, 2.24) is 5.32 Å². The Balaban J connectivity index is 1.30. The molecule has 0 saturated carbocycles. The zero-order chi connectivity index (χ0) is 38.9. The van der Waals surface area contributed by atoms with E-state index in [4.69, 9.17) is 28.4 Å². The van der Waals surface area contributed by atoms with Gasteiger partial charge in [-0.1, -0.05) is 0 Å². The van der Waals surface area contributed by atoms with Crippen LogP contribution in [0.15, 0.2) is 121 Å². The van der Waals surface area contributed by atoms with E-state index in [-0.39, 0.29) is 30.7 Å². The van der Waals surface area contributed by atoms with E-state index in [0.29, 0.717) is 6.42 Å². The molecule has 6 atom stereocenters. The average Bonchev–Trinajstić information content (AvgIpc) is 3.55. The zero-order valence-electron chi connectivity index (χ0n) is 30.6. The summed E-state index contributed by atoms with van der Waals surface area (Å²) in [4.78, 5) is 39.3. The Kier molecular flexibility index (Phi) is 13.1. The number of aliphatic hydroxyl groups is 2. The number of amides is 1. The Bertz CT molecular complexity index is 1870. The SMILES string of the molecule is CC1(C)O[C@H]2[C@@H]([C@@H](COC(=O)c3ccccc3)OC(=O)c3ccccc3)O[C@@](O)(CO)C(CCCNC(=O)OCc3ccccc3)([Se]c3ccccc3)[C@H]2O1. The van der Waals surface area contributed by atoms with Crippen LogP contribution in [0.25, 0.3) is 0 Å². The van der Waals surface area contributed by atoms with Crippen LogP contribution in [-0.4, -0.2) is 99.0 Å². The van der Waals surface area contributed by atoms with Crippen molar-refractivity contribution in [2.45, 2.75) is 73.6 Å². The van der Waals surface area contributed by atoms with Crippen LogP contribution in [-0.2, 0) is 35.0 Å². The third-order valence-electron chi connectivity index (χ3n) is 9.39. The fraction of sp³-hybridized carbons (Fsp3) is 0.357. The van der Waals surface area contributed by atoms with Gasteiger partial charge >= 0.3 is 327 Å². The number of aliphatic hydroxyl groups excluding tert-OH is 1. The van der Waals surface area contributed by atoms with Crippen molar-refractivity contribution >= 4 is 37.5 Å². The molecule has 290 valence electrons. The monoisotopic (exact) mass is 819 g/mol. The Morgan fingerprint density at radius 2 is 1.36 bits per heavy atom. The molecule has 4 aromatic carbocycles. The number of hydrogen-bond acceptors (Lipinski definition) is 11. The molecule has 2 aliphatic rings. The molecule has 1 unspecified atom stereocenters. The van der Waals surface area contributed by atoms with Crippen LogP contribution in [0, 0.1) is 0 Å². The van der Waals surface area contributed by atoms with Gasteiger partial charge in [-0.2, -0.15) is 0 Å². The maximum absolute atomic E-state index is 13.5. The van der Waals surface area contributed by atoms with E-state index in [1.165, 1.54) is 0 Å². The van der Waals surface area contributed by atoms with Gasteiger partial charge < -0.3 is 0 Å². The molecule has 0 aromatic heterocycles. The predicted octanol–water partition coefficient (Wildman–Crippen LogP) is 4.56. The van der Waals surface area contributed by atoms with E-state index >= 15 is 0 Å². The Morgan fingerprint density at radius 1 is 0.782 bits per heavy atom. The van der Waals surface area contributed by atoms with Gasteiger partial charge in [0.1, 0.15) is 0 Å². The van der Waals surface area contributed by atoms with E-state index in [2.05, 4.69) is 5.32 Å².